The van der Waals surface area contributed by atoms with E-state index < -0.39 is 48.8 Å². The van der Waals surface area contributed by atoms with Crippen LogP contribution >= 0.6 is 23.2 Å². The van der Waals surface area contributed by atoms with Gasteiger partial charge >= 0.3 is 11.9 Å². The molecule has 2 aromatic carbocycles. The summed E-state index contributed by atoms with van der Waals surface area (Å²) < 4.78 is 69.2. The maximum absolute atomic E-state index is 13.8. The third-order valence-electron chi connectivity index (χ3n) is 5.51. The summed E-state index contributed by atoms with van der Waals surface area (Å²) in [5.74, 6) is -2.49. The molecule has 2 unspecified atom stereocenters. The molecule has 0 aliphatic heterocycles. The summed E-state index contributed by atoms with van der Waals surface area (Å²) in [7, 11) is 0. The van der Waals surface area contributed by atoms with Gasteiger partial charge in [0.2, 0.25) is 0 Å². The van der Waals surface area contributed by atoms with E-state index >= 15 is 0 Å². The van der Waals surface area contributed by atoms with Crippen LogP contribution in [0.1, 0.15) is 24.7 Å². The van der Waals surface area contributed by atoms with Crippen molar-refractivity contribution in [1.82, 2.24) is 23.9 Å². The Labute approximate surface area is 221 Å². The van der Waals surface area contributed by atoms with Gasteiger partial charge in [-0.15, -0.1) is 5.10 Å². The van der Waals surface area contributed by atoms with E-state index in [0.29, 0.717) is 9.59 Å². The molecule has 2 atom stereocenters. The summed E-state index contributed by atoms with van der Waals surface area (Å²) in [6, 6.07) is 8.63. The smallest absolute Gasteiger partial charge is 0.385 e. The summed E-state index contributed by atoms with van der Waals surface area (Å²) in [5.41, 5.74) is -0.863. The number of hydrogen-bond donors (Lipinski definition) is 2. The van der Waals surface area contributed by atoms with E-state index in [1.807, 2.05) is 0 Å². The van der Waals surface area contributed by atoms with Gasteiger partial charge in [0.05, 0.1) is 24.5 Å². The lowest BCUT2D eigenvalue weighted by Crippen LogP contribution is -2.37. The second kappa shape index (κ2) is 10.5. The number of aromatic nitrogens is 5. The highest BCUT2D eigenvalue weighted by Crippen LogP contribution is 2.31. The fraction of sp³-hybridized carbons (Fsp3) is 0.261. The molecule has 2 aromatic heterocycles. The lowest BCUT2D eigenvalue weighted by molar-refractivity contribution is -0.207. The predicted octanol–water partition coefficient (Wildman–Crippen LogP) is 4.51. The van der Waals surface area contributed by atoms with E-state index in [9.17, 15) is 37.0 Å². The van der Waals surface area contributed by atoms with Gasteiger partial charge in [-0.1, -0.05) is 35.3 Å². The van der Waals surface area contributed by atoms with Crippen molar-refractivity contribution in [3.63, 3.8) is 0 Å². The topological polar surface area (TPSA) is 98.1 Å². The second-order valence-corrected chi connectivity index (χ2v) is 9.05. The number of rotatable bonds is 7. The van der Waals surface area contributed by atoms with Crippen LogP contribution in [-0.4, -0.2) is 46.4 Å². The molecule has 38 heavy (non-hydrogen) atoms. The molecular weight excluding hydrogens is 560 g/mol. The fourth-order valence-electron chi connectivity index (χ4n) is 3.68. The predicted molar refractivity (Wildman–Crippen MR) is 127 cm³/mol. The number of halogens is 7. The molecule has 0 radical (unpaired) electrons. The molecule has 0 aliphatic rings. The lowest BCUT2D eigenvalue weighted by Gasteiger charge is -2.16. The van der Waals surface area contributed by atoms with Crippen molar-refractivity contribution in [1.29, 1.82) is 0 Å². The summed E-state index contributed by atoms with van der Waals surface area (Å²) in [6.07, 6.45) is -9.11. The molecule has 0 aliphatic carbocycles. The van der Waals surface area contributed by atoms with Crippen molar-refractivity contribution in [3.8, 4) is 16.9 Å². The minimum Gasteiger partial charge on any atom is -0.385 e. The van der Waals surface area contributed by atoms with Crippen molar-refractivity contribution in [2.45, 2.75) is 38.4 Å². The summed E-state index contributed by atoms with van der Waals surface area (Å²) in [5, 5.41) is 24.0. The highest BCUT2D eigenvalue weighted by Gasteiger charge is 2.39. The van der Waals surface area contributed by atoms with E-state index in [4.69, 9.17) is 23.2 Å². The van der Waals surface area contributed by atoms with E-state index in [0.717, 1.165) is 21.4 Å². The largest absolute Gasteiger partial charge is 0.416 e. The Balaban J connectivity index is 1.82. The van der Waals surface area contributed by atoms with E-state index in [1.54, 1.807) is 0 Å². The van der Waals surface area contributed by atoms with Crippen molar-refractivity contribution >= 4 is 23.2 Å². The Morgan fingerprint density at radius 1 is 1.00 bits per heavy atom. The van der Waals surface area contributed by atoms with Crippen molar-refractivity contribution in [2.24, 2.45) is 0 Å². The first kappa shape index (κ1) is 27.8. The highest BCUT2D eigenvalue weighted by molar-refractivity contribution is 6.32. The number of hydrogen-bond acceptors (Lipinski definition) is 5. The Kier molecular flexibility index (Phi) is 7.66. The summed E-state index contributed by atoms with van der Waals surface area (Å²) in [4.78, 5) is 17.4. The Morgan fingerprint density at radius 2 is 1.66 bits per heavy atom. The fourth-order valence-corrected chi connectivity index (χ4v) is 4.15. The Morgan fingerprint density at radius 3 is 2.24 bits per heavy atom. The van der Waals surface area contributed by atoms with Crippen LogP contribution in [0.2, 0.25) is 10.2 Å². The van der Waals surface area contributed by atoms with Crippen LogP contribution < -0.4 is 5.69 Å². The average Bonchev–Trinajstić information content (AvgIpc) is 3.36. The standard InChI is InChI=1S/C23H18Cl2F5N5O3/c1-11(36)21-31-18(32-35(21)14-6-7-15(26)16(27)8-14)10-34-20(25)19(12-2-4-13(24)5-3-12)33(22(34)38)9-17(37)23(28,29)30/h2-8,11,17,36-37H,9-10H2,1H3. The van der Waals surface area contributed by atoms with Crippen LogP contribution in [-0.2, 0) is 13.1 Å². The van der Waals surface area contributed by atoms with Gasteiger partial charge in [0.15, 0.2) is 29.4 Å². The van der Waals surface area contributed by atoms with Gasteiger partial charge in [-0.05, 0) is 31.2 Å². The average molecular weight is 578 g/mol. The molecule has 4 aromatic rings. The minimum atomic E-state index is -5.01. The SMILES string of the molecule is CC(O)c1nc(Cn2c(Cl)c(-c3ccc(Cl)cc3)n(CC(O)C(F)(F)F)c2=O)nn1-c1ccc(F)c(F)c1. The molecule has 0 saturated carbocycles. The highest BCUT2D eigenvalue weighted by atomic mass is 35.5. The zero-order valence-corrected chi connectivity index (χ0v) is 20.8. The van der Waals surface area contributed by atoms with Crippen molar-refractivity contribution in [3.05, 3.63) is 86.4 Å². The van der Waals surface area contributed by atoms with Gasteiger partial charge in [0.1, 0.15) is 11.3 Å². The second-order valence-electron chi connectivity index (χ2n) is 8.26. The van der Waals surface area contributed by atoms with E-state index in [1.165, 1.54) is 37.3 Å². The number of nitrogens with zero attached hydrogens (tertiary/aromatic N) is 5. The molecule has 0 amide bonds. The first-order valence-corrected chi connectivity index (χ1v) is 11.6. The van der Waals surface area contributed by atoms with Gasteiger partial charge in [0.25, 0.3) is 0 Å². The molecule has 8 nitrogen and oxygen atoms in total. The molecule has 15 heteroatoms. The van der Waals surface area contributed by atoms with E-state index in [-0.39, 0.29) is 33.7 Å². The zero-order chi connectivity index (χ0) is 27.9. The molecule has 2 N–H and O–H groups in total. The summed E-state index contributed by atoms with van der Waals surface area (Å²) >= 11 is 12.4. The molecule has 0 bridgehead atoms. The molecule has 2 heterocycles. The Hall–Kier alpha value is -3.26. The van der Waals surface area contributed by atoms with Gasteiger partial charge in [-0.25, -0.2) is 23.2 Å². The van der Waals surface area contributed by atoms with Crippen LogP contribution in [0.25, 0.3) is 16.9 Å². The molecule has 0 spiro atoms. The first-order chi connectivity index (χ1) is 17.8. The summed E-state index contributed by atoms with van der Waals surface area (Å²) in [6.45, 7) is -0.274. The van der Waals surface area contributed by atoms with Gasteiger partial charge < -0.3 is 10.2 Å². The zero-order valence-electron chi connectivity index (χ0n) is 19.3. The molecule has 0 saturated heterocycles. The van der Waals surface area contributed by atoms with Crippen LogP contribution in [0, 0.1) is 11.6 Å². The van der Waals surface area contributed by atoms with Gasteiger partial charge in [-0.2, -0.15) is 13.2 Å². The van der Waals surface area contributed by atoms with Crippen LogP contribution in [0.15, 0.2) is 47.3 Å². The van der Waals surface area contributed by atoms with Crippen molar-refractivity contribution in [2.75, 3.05) is 0 Å². The molecule has 0 fully saturated rings. The van der Waals surface area contributed by atoms with Gasteiger partial charge in [0, 0.05) is 16.7 Å². The number of benzene rings is 2. The molecule has 4 rings (SSSR count). The minimum absolute atomic E-state index is 0.0183. The maximum atomic E-state index is 13.8. The molecule has 202 valence electrons. The van der Waals surface area contributed by atoms with Crippen LogP contribution in [0.5, 0.6) is 0 Å². The monoisotopic (exact) mass is 577 g/mol. The van der Waals surface area contributed by atoms with E-state index in [2.05, 4.69) is 10.1 Å². The van der Waals surface area contributed by atoms with Crippen molar-refractivity contribution < 1.29 is 32.2 Å². The number of aliphatic hydroxyl groups excluding tert-OH is 2. The number of imidazole rings is 1. The van der Waals surface area contributed by atoms with Gasteiger partial charge in [-0.3, -0.25) is 9.13 Å². The number of aliphatic hydroxyl groups is 2. The first-order valence-electron chi connectivity index (χ1n) is 10.9. The van der Waals surface area contributed by atoms with Crippen LogP contribution in [0.3, 0.4) is 0 Å². The molecular formula is C23H18Cl2F5N5O3. The third kappa shape index (κ3) is 5.46. The number of alkyl halides is 3. The maximum Gasteiger partial charge on any atom is 0.416 e. The Bertz CT molecular complexity index is 1530. The van der Waals surface area contributed by atoms with Crippen LogP contribution in [0.4, 0.5) is 22.0 Å². The quantitative estimate of drug-likeness (QED) is 0.315. The normalized spacial score (nSPS) is 13.6. The third-order valence-corrected chi connectivity index (χ3v) is 6.15. The lowest BCUT2D eigenvalue weighted by atomic mass is 10.1.